The van der Waals surface area contributed by atoms with E-state index < -0.39 is 0 Å². The molecule has 0 aliphatic carbocycles. The zero-order chi connectivity index (χ0) is 10.6. The first-order valence-corrected chi connectivity index (χ1v) is 4.75. The van der Waals surface area contributed by atoms with Gasteiger partial charge >= 0.3 is 0 Å². The van der Waals surface area contributed by atoms with Gasteiger partial charge in [-0.25, -0.2) is 9.97 Å². The van der Waals surface area contributed by atoms with E-state index >= 15 is 0 Å². The van der Waals surface area contributed by atoms with Gasteiger partial charge < -0.3 is 5.32 Å². The molecule has 0 aromatic carbocycles. The van der Waals surface area contributed by atoms with Crippen LogP contribution in [0.3, 0.4) is 0 Å². The lowest BCUT2D eigenvalue weighted by atomic mass is 10.2. The molecule has 0 atom stereocenters. The first kappa shape index (κ1) is 10.6. The Morgan fingerprint density at radius 3 is 2.43 bits per heavy atom. The molecule has 0 radical (unpaired) electrons. The average molecular weight is 193 g/mol. The molecule has 1 heterocycles. The van der Waals surface area contributed by atoms with Gasteiger partial charge in [0, 0.05) is 24.9 Å². The molecule has 0 aliphatic heterocycles. The molecule has 1 aromatic heterocycles. The first-order valence-electron chi connectivity index (χ1n) is 4.75. The highest BCUT2D eigenvalue weighted by atomic mass is 16.1. The van der Waals surface area contributed by atoms with Crippen LogP contribution in [-0.2, 0) is 0 Å². The summed E-state index contributed by atoms with van der Waals surface area (Å²) in [7, 11) is 0. The minimum Gasteiger partial charge on any atom is -0.352 e. The van der Waals surface area contributed by atoms with Gasteiger partial charge in [-0.3, -0.25) is 4.79 Å². The maximum absolute atomic E-state index is 11.3. The largest absolute Gasteiger partial charge is 0.352 e. The molecule has 0 saturated carbocycles. The summed E-state index contributed by atoms with van der Waals surface area (Å²) in [5.41, 5.74) is 0.510. The smallest absolute Gasteiger partial charge is 0.254 e. The van der Waals surface area contributed by atoms with Crippen molar-refractivity contribution in [3.63, 3.8) is 0 Å². The van der Waals surface area contributed by atoms with Crippen molar-refractivity contribution >= 4 is 5.91 Å². The van der Waals surface area contributed by atoms with Crippen molar-refractivity contribution in [2.24, 2.45) is 0 Å². The Kier molecular flexibility index (Phi) is 3.56. The van der Waals surface area contributed by atoms with Crippen LogP contribution in [0.25, 0.3) is 0 Å². The fourth-order valence-corrected chi connectivity index (χ4v) is 1.02. The SMILES string of the molecule is CCNC(=O)c1cnc(C(C)C)nc1. The van der Waals surface area contributed by atoms with Crippen molar-refractivity contribution in [3.8, 4) is 0 Å². The lowest BCUT2D eigenvalue weighted by Gasteiger charge is -2.04. The molecule has 0 unspecified atom stereocenters. The van der Waals surface area contributed by atoms with E-state index in [4.69, 9.17) is 0 Å². The molecule has 1 amide bonds. The summed E-state index contributed by atoms with van der Waals surface area (Å²) in [6.07, 6.45) is 3.13. The van der Waals surface area contributed by atoms with Crippen molar-refractivity contribution in [3.05, 3.63) is 23.8 Å². The van der Waals surface area contributed by atoms with Gasteiger partial charge in [0.1, 0.15) is 5.82 Å². The fourth-order valence-electron chi connectivity index (χ4n) is 1.02. The number of carbonyl (C=O) groups excluding carboxylic acids is 1. The van der Waals surface area contributed by atoms with Gasteiger partial charge in [0.15, 0.2) is 0 Å². The molecule has 1 N–H and O–H groups in total. The monoisotopic (exact) mass is 193 g/mol. The van der Waals surface area contributed by atoms with Gasteiger partial charge in [-0.05, 0) is 6.92 Å². The van der Waals surface area contributed by atoms with Crippen molar-refractivity contribution in [1.82, 2.24) is 15.3 Å². The number of amides is 1. The van der Waals surface area contributed by atoms with E-state index in [1.165, 1.54) is 0 Å². The third kappa shape index (κ3) is 2.52. The second-order valence-electron chi connectivity index (χ2n) is 3.34. The Labute approximate surface area is 83.8 Å². The van der Waals surface area contributed by atoms with E-state index in [2.05, 4.69) is 15.3 Å². The maximum Gasteiger partial charge on any atom is 0.254 e. The Bertz CT molecular complexity index is 306. The van der Waals surface area contributed by atoms with Crippen LogP contribution < -0.4 is 5.32 Å². The molecule has 14 heavy (non-hydrogen) atoms. The molecular weight excluding hydrogens is 178 g/mol. The standard InChI is InChI=1S/C10H15N3O/c1-4-11-10(14)8-5-12-9(7(2)3)13-6-8/h5-7H,4H2,1-3H3,(H,11,14). The minimum atomic E-state index is -0.122. The summed E-state index contributed by atoms with van der Waals surface area (Å²) in [6, 6.07) is 0. The Hall–Kier alpha value is -1.45. The molecule has 1 aromatic rings. The number of rotatable bonds is 3. The molecule has 0 fully saturated rings. The van der Waals surface area contributed by atoms with Crippen molar-refractivity contribution < 1.29 is 4.79 Å². The lowest BCUT2D eigenvalue weighted by molar-refractivity contribution is 0.0955. The summed E-state index contributed by atoms with van der Waals surface area (Å²) in [6.45, 7) is 6.52. The second-order valence-corrected chi connectivity index (χ2v) is 3.34. The zero-order valence-electron chi connectivity index (χ0n) is 8.74. The summed E-state index contributed by atoms with van der Waals surface area (Å²) >= 11 is 0. The number of hydrogen-bond donors (Lipinski definition) is 1. The topological polar surface area (TPSA) is 54.9 Å². The quantitative estimate of drug-likeness (QED) is 0.788. The van der Waals surface area contributed by atoms with Crippen LogP contribution >= 0.6 is 0 Å². The first-order chi connectivity index (χ1) is 6.65. The van der Waals surface area contributed by atoms with Gasteiger partial charge in [-0.1, -0.05) is 13.8 Å². The predicted molar refractivity (Wildman–Crippen MR) is 54.1 cm³/mol. The van der Waals surface area contributed by atoms with E-state index in [1.807, 2.05) is 20.8 Å². The molecule has 0 aliphatic rings. The van der Waals surface area contributed by atoms with Crippen LogP contribution in [0.15, 0.2) is 12.4 Å². The van der Waals surface area contributed by atoms with Gasteiger partial charge in [-0.2, -0.15) is 0 Å². The van der Waals surface area contributed by atoms with Crippen LogP contribution in [0.1, 0.15) is 42.9 Å². The van der Waals surface area contributed by atoms with Crippen LogP contribution in [0.5, 0.6) is 0 Å². The van der Waals surface area contributed by atoms with E-state index in [0.717, 1.165) is 5.82 Å². The Morgan fingerprint density at radius 2 is 2.00 bits per heavy atom. The summed E-state index contributed by atoms with van der Waals surface area (Å²) in [5.74, 6) is 0.930. The zero-order valence-corrected chi connectivity index (χ0v) is 8.74. The maximum atomic E-state index is 11.3. The van der Waals surface area contributed by atoms with Crippen LogP contribution in [0.4, 0.5) is 0 Å². The molecule has 1 rings (SSSR count). The molecule has 4 heteroatoms. The fraction of sp³-hybridized carbons (Fsp3) is 0.500. The molecule has 76 valence electrons. The van der Waals surface area contributed by atoms with Crippen LogP contribution in [-0.4, -0.2) is 22.4 Å². The van der Waals surface area contributed by atoms with Crippen molar-refractivity contribution in [1.29, 1.82) is 0 Å². The van der Waals surface area contributed by atoms with E-state index in [-0.39, 0.29) is 5.91 Å². The summed E-state index contributed by atoms with van der Waals surface area (Å²) in [5, 5.41) is 2.69. The minimum absolute atomic E-state index is 0.122. The van der Waals surface area contributed by atoms with Crippen molar-refractivity contribution in [2.45, 2.75) is 26.7 Å². The van der Waals surface area contributed by atoms with Crippen molar-refractivity contribution in [2.75, 3.05) is 6.54 Å². The summed E-state index contributed by atoms with van der Waals surface area (Å²) in [4.78, 5) is 19.6. The number of hydrogen-bond acceptors (Lipinski definition) is 3. The van der Waals surface area contributed by atoms with E-state index in [1.54, 1.807) is 12.4 Å². The highest BCUT2D eigenvalue weighted by Crippen LogP contribution is 2.07. The van der Waals surface area contributed by atoms with Crippen LogP contribution in [0, 0.1) is 0 Å². The lowest BCUT2D eigenvalue weighted by Crippen LogP contribution is -2.23. The normalized spacial score (nSPS) is 10.3. The number of nitrogens with one attached hydrogen (secondary N) is 1. The Morgan fingerprint density at radius 1 is 1.43 bits per heavy atom. The second kappa shape index (κ2) is 4.69. The van der Waals surface area contributed by atoms with Gasteiger partial charge in [0.05, 0.1) is 5.56 Å². The number of nitrogens with zero attached hydrogens (tertiary/aromatic N) is 2. The number of aromatic nitrogens is 2. The van der Waals surface area contributed by atoms with E-state index in [9.17, 15) is 4.79 Å². The van der Waals surface area contributed by atoms with E-state index in [0.29, 0.717) is 18.0 Å². The molecule has 0 spiro atoms. The third-order valence-corrected chi connectivity index (χ3v) is 1.79. The Balaban J connectivity index is 2.78. The van der Waals surface area contributed by atoms with Gasteiger partial charge in [0.25, 0.3) is 5.91 Å². The molecular formula is C10H15N3O. The highest BCUT2D eigenvalue weighted by Gasteiger charge is 2.06. The number of carbonyl (C=O) groups is 1. The van der Waals surface area contributed by atoms with Gasteiger partial charge in [0.2, 0.25) is 0 Å². The molecule has 0 saturated heterocycles. The highest BCUT2D eigenvalue weighted by molar-refractivity contribution is 5.93. The predicted octanol–water partition coefficient (Wildman–Crippen LogP) is 1.35. The molecule has 4 nitrogen and oxygen atoms in total. The molecule has 0 bridgehead atoms. The third-order valence-electron chi connectivity index (χ3n) is 1.79. The van der Waals surface area contributed by atoms with Gasteiger partial charge in [-0.15, -0.1) is 0 Å². The average Bonchev–Trinajstić information content (AvgIpc) is 2.18. The van der Waals surface area contributed by atoms with Crippen LogP contribution in [0.2, 0.25) is 0 Å². The summed E-state index contributed by atoms with van der Waals surface area (Å²) < 4.78 is 0.